The second-order valence-electron chi connectivity index (χ2n) is 2.81. The van der Waals surface area contributed by atoms with Gasteiger partial charge in [0.05, 0.1) is 19.9 Å². The van der Waals surface area contributed by atoms with E-state index < -0.39 is 7.26 Å². The zero-order chi connectivity index (χ0) is 6.74. The Bertz CT molecular complexity index is 85.6. The first-order valence-corrected chi connectivity index (χ1v) is 6.00. The maximum atomic E-state index is 7.40. The van der Waals surface area contributed by atoms with Gasteiger partial charge in [0, 0.05) is 46.6 Å². The van der Waals surface area contributed by atoms with Crippen molar-refractivity contribution in [2.75, 3.05) is 25.1 Å². The molecule has 0 aromatic carbocycles. The van der Waals surface area contributed by atoms with Crippen LogP contribution in [0.2, 0.25) is 0 Å². The third-order valence-electron chi connectivity index (χ3n) is 2.19. The SMILES string of the molecule is [2H]C[P+]1(CC)CCCC1.[Y]. The van der Waals surface area contributed by atoms with E-state index in [0.717, 1.165) is 6.64 Å². The van der Waals surface area contributed by atoms with E-state index in [9.17, 15) is 0 Å². The standard InChI is InChI=1S/C7H16P.Y/c1-3-8(2)6-4-5-7-8;/h3-7H2,1-2H3;/q+1;/i2D;. The molecular weight excluding hydrogens is 204 g/mol. The summed E-state index contributed by atoms with van der Waals surface area (Å²) in [6.45, 7) is 3.04. The number of rotatable bonds is 1. The van der Waals surface area contributed by atoms with Gasteiger partial charge in [-0.2, -0.15) is 0 Å². The molecule has 1 aliphatic heterocycles. The van der Waals surface area contributed by atoms with Crippen LogP contribution >= 0.6 is 7.26 Å². The molecule has 0 N–H and O–H groups in total. The van der Waals surface area contributed by atoms with Crippen LogP contribution in [0.5, 0.6) is 0 Å². The minimum Gasteiger partial charge on any atom is -0.0311 e. The van der Waals surface area contributed by atoms with Crippen molar-refractivity contribution in [3.8, 4) is 0 Å². The molecule has 1 fully saturated rings. The molecule has 1 heterocycles. The van der Waals surface area contributed by atoms with Crippen molar-refractivity contribution >= 4 is 7.26 Å². The van der Waals surface area contributed by atoms with Crippen molar-refractivity contribution in [3.05, 3.63) is 0 Å². The van der Waals surface area contributed by atoms with Gasteiger partial charge in [-0.05, 0) is 19.8 Å². The van der Waals surface area contributed by atoms with Crippen molar-refractivity contribution in [1.29, 1.82) is 0 Å². The van der Waals surface area contributed by atoms with E-state index in [2.05, 4.69) is 6.92 Å². The molecule has 0 amide bonds. The summed E-state index contributed by atoms with van der Waals surface area (Å²) in [4.78, 5) is 0. The van der Waals surface area contributed by atoms with Crippen molar-refractivity contribution in [2.45, 2.75) is 19.8 Å². The van der Waals surface area contributed by atoms with Crippen molar-refractivity contribution in [2.24, 2.45) is 0 Å². The second kappa shape index (κ2) is 4.42. The summed E-state index contributed by atoms with van der Waals surface area (Å²) >= 11 is 0. The molecule has 1 aliphatic rings. The average molecular weight is 221 g/mol. The van der Waals surface area contributed by atoms with Crippen molar-refractivity contribution in [3.63, 3.8) is 0 Å². The first-order valence-electron chi connectivity index (χ1n) is 4.18. The molecule has 0 saturated carbocycles. The molecule has 0 aromatic rings. The zero-order valence-corrected chi connectivity index (χ0v) is 10.00. The quantitative estimate of drug-likeness (QED) is 0.596. The Morgan fingerprint density at radius 3 is 2.22 bits per heavy atom. The molecule has 0 atom stereocenters. The monoisotopic (exact) mass is 221 g/mol. The molecule has 0 bridgehead atoms. The molecule has 9 heavy (non-hydrogen) atoms. The van der Waals surface area contributed by atoms with Crippen LogP contribution in [0, 0.1) is 0 Å². The van der Waals surface area contributed by atoms with E-state index in [1.165, 1.54) is 31.3 Å². The fraction of sp³-hybridized carbons (Fsp3) is 1.00. The van der Waals surface area contributed by atoms with Crippen LogP contribution < -0.4 is 0 Å². The first-order chi connectivity index (χ1) is 4.33. The third-order valence-corrected chi connectivity index (χ3v) is 6.06. The maximum absolute atomic E-state index is 7.40. The van der Waals surface area contributed by atoms with Crippen LogP contribution in [0.15, 0.2) is 0 Å². The van der Waals surface area contributed by atoms with Gasteiger partial charge in [-0.25, -0.2) is 0 Å². The van der Waals surface area contributed by atoms with Crippen LogP contribution in [0.4, 0.5) is 0 Å². The van der Waals surface area contributed by atoms with Gasteiger partial charge in [0.1, 0.15) is 0 Å². The molecule has 1 rings (SSSR count). The first kappa shape index (κ1) is 8.63. The van der Waals surface area contributed by atoms with E-state index in [0.29, 0.717) is 0 Å². The van der Waals surface area contributed by atoms with Gasteiger partial charge in [-0.15, -0.1) is 0 Å². The molecule has 1 radical (unpaired) electrons. The largest absolute Gasteiger partial charge is 0.0672 e. The van der Waals surface area contributed by atoms with Crippen LogP contribution in [-0.4, -0.2) is 25.1 Å². The third kappa shape index (κ3) is 2.95. The van der Waals surface area contributed by atoms with Gasteiger partial charge < -0.3 is 0 Å². The van der Waals surface area contributed by atoms with E-state index in [-0.39, 0.29) is 32.7 Å². The Morgan fingerprint density at radius 1 is 1.44 bits per heavy atom. The predicted octanol–water partition coefficient (Wildman–Crippen LogP) is 2.45. The summed E-state index contributed by atoms with van der Waals surface area (Å²) in [5.41, 5.74) is 0. The van der Waals surface area contributed by atoms with E-state index in [4.69, 9.17) is 1.37 Å². The minimum atomic E-state index is -0.642. The molecule has 0 nitrogen and oxygen atoms in total. The molecule has 51 valence electrons. The molecule has 0 aliphatic carbocycles. The van der Waals surface area contributed by atoms with Gasteiger partial charge in [0.25, 0.3) is 0 Å². The Hall–Kier alpha value is 1.53. The molecule has 0 aromatic heterocycles. The fourth-order valence-corrected chi connectivity index (χ4v) is 3.97. The van der Waals surface area contributed by atoms with Crippen LogP contribution in [0.25, 0.3) is 0 Å². The van der Waals surface area contributed by atoms with Crippen LogP contribution in [0.3, 0.4) is 0 Å². The van der Waals surface area contributed by atoms with Gasteiger partial charge in [-0.1, -0.05) is 0 Å². The maximum Gasteiger partial charge on any atom is 0.0672 e. The molecule has 0 unspecified atom stereocenters. The Morgan fingerprint density at radius 2 is 2.00 bits per heavy atom. The predicted molar refractivity (Wildman–Crippen MR) is 42.4 cm³/mol. The summed E-state index contributed by atoms with van der Waals surface area (Å²) in [6, 6.07) is 0. The summed E-state index contributed by atoms with van der Waals surface area (Å²) in [6.07, 6.45) is 7.01. The van der Waals surface area contributed by atoms with E-state index in [1.807, 2.05) is 0 Å². The summed E-state index contributed by atoms with van der Waals surface area (Å²) in [7, 11) is -0.642. The molecule has 1 saturated heterocycles. The minimum absolute atomic E-state index is 0. The van der Waals surface area contributed by atoms with Crippen molar-refractivity contribution < 1.29 is 34.1 Å². The van der Waals surface area contributed by atoms with Crippen LogP contribution in [0.1, 0.15) is 21.1 Å². The molecule has 0 spiro atoms. The summed E-state index contributed by atoms with van der Waals surface area (Å²) in [5, 5.41) is 0. The average Bonchev–Trinajstić information content (AvgIpc) is 2.36. The smallest absolute Gasteiger partial charge is 0.0311 e. The Balaban J connectivity index is 0.000000810. The summed E-state index contributed by atoms with van der Waals surface area (Å²) < 4.78 is 7.40. The Kier molecular flexibility index (Phi) is 4.24. The zero-order valence-electron chi connectivity index (χ0n) is 7.27. The normalized spacial score (nSPS) is 24.8. The number of hydrogen-bond acceptors (Lipinski definition) is 0. The number of hydrogen-bond donors (Lipinski definition) is 0. The topological polar surface area (TPSA) is 0 Å². The van der Waals surface area contributed by atoms with Gasteiger partial charge in [0.2, 0.25) is 0 Å². The van der Waals surface area contributed by atoms with E-state index in [1.54, 1.807) is 0 Å². The van der Waals surface area contributed by atoms with E-state index >= 15 is 0 Å². The van der Waals surface area contributed by atoms with Gasteiger partial charge >= 0.3 is 0 Å². The fourth-order valence-electron chi connectivity index (χ4n) is 1.32. The Labute approximate surface area is 85.8 Å². The second-order valence-corrected chi connectivity index (χ2v) is 7.02. The summed E-state index contributed by atoms with van der Waals surface area (Å²) in [5.74, 6) is 0. The van der Waals surface area contributed by atoms with Gasteiger partial charge in [0.15, 0.2) is 0 Å². The van der Waals surface area contributed by atoms with Crippen molar-refractivity contribution in [1.82, 2.24) is 0 Å². The molecule has 2 heteroatoms. The van der Waals surface area contributed by atoms with Gasteiger partial charge in [-0.3, -0.25) is 0 Å². The van der Waals surface area contributed by atoms with Crippen LogP contribution in [-0.2, 0) is 32.7 Å². The molecular formula is C7H16PY+.